The minimum atomic E-state index is -2.65. The third kappa shape index (κ3) is 6.77. The summed E-state index contributed by atoms with van der Waals surface area (Å²) in [6.07, 6.45) is 5.00. The standard InChI is InChI=1S/C20H29ClN5O5P/c1-19(2,3)15(27)30-18(31-16(28)20(4,5)6)32(29)10-8-7-9-26-11-23-12-13(21)24-17(22)25-14(12)26/h7-8,11,18,32H,9-10H2,1-6H3,(H2,22,24,25)/b8-7+. The zero-order chi connectivity index (χ0) is 24.3. The fourth-order valence-electron chi connectivity index (χ4n) is 2.25. The molecule has 0 amide bonds. The third-order valence-electron chi connectivity index (χ3n) is 4.14. The number of nitrogen functional groups attached to an aromatic ring is 1. The number of rotatable bonds is 7. The van der Waals surface area contributed by atoms with E-state index in [1.165, 1.54) is 6.33 Å². The van der Waals surface area contributed by atoms with E-state index in [4.69, 9.17) is 26.8 Å². The molecule has 0 aliphatic rings. The van der Waals surface area contributed by atoms with Crippen molar-refractivity contribution in [1.29, 1.82) is 0 Å². The van der Waals surface area contributed by atoms with Gasteiger partial charge < -0.3 is 24.3 Å². The van der Waals surface area contributed by atoms with Crippen molar-refractivity contribution >= 4 is 48.5 Å². The molecule has 0 aliphatic heterocycles. The molecule has 0 saturated heterocycles. The molecule has 32 heavy (non-hydrogen) atoms. The molecule has 2 heterocycles. The number of hydrogen-bond acceptors (Lipinski definition) is 9. The number of esters is 2. The Morgan fingerprint density at radius 2 is 1.69 bits per heavy atom. The van der Waals surface area contributed by atoms with Crippen molar-refractivity contribution in [3.63, 3.8) is 0 Å². The van der Waals surface area contributed by atoms with Crippen molar-refractivity contribution in [2.45, 2.75) is 54.1 Å². The normalized spacial score (nSPS) is 13.6. The van der Waals surface area contributed by atoms with Crippen LogP contribution in [0.5, 0.6) is 0 Å². The number of ether oxygens (including phenoxy) is 2. The summed E-state index contributed by atoms with van der Waals surface area (Å²) in [5.74, 6) is -1.18. The van der Waals surface area contributed by atoms with Crippen LogP contribution in [0, 0.1) is 10.8 Å². The summed E-state index contributed by atoms with van der Waals surface area (Å²) < 4.78 is 25.1. The molecule has 1 unspecified atom stereocenters. The van der Waals surface area contributed by atoms with E-state index in [2.05, 4.69) is 15.0 Å². The number of nitrogens with zero attached hydrogens (tertiary/aromatic N) is 4. The van der Waals surface area contributed by atoms with Gasteiger partial charge in [-0.1, -0.05) is 23.8 Å². The number of carbonyl (C=O) groups excluding carboxylic acids is 2. The summed E-state index contributed by atoms with van der Waals surface area (Å²) in [5.41, 5.74) is 4.85. The molecular weight excluding hydrogens is 457 g/mol. The highest BCUT2D eigenvalue weighted by atomic mass is 35.5. The molecule has 0 fully saturated rings. The summed E-state index contributed by atoms with van der Waals surface area (Å²) in [6, 6.07) is -1.44. The van der Waals surface area contributed by atoms with Gasteiger partial charge in [-0.2, -0.15) is 9.97 Å². The summed E-state index contributed by atoms with van der Waals surface area (Å²) in [7, 11) is -2.65. The Balaban J connectivity index is 2.09. The van der Waals surface area contributed by atoms with Gasteiger partial charge in [0.1, 0.15) is 5.52 Å². The van der Waals surface area contributed by atoms with E-state index in [-0.39, 0.29) is 17.3 Å². The zero-order valence-electron chi connectivity index (χ0n) is 19.0. The average Bonchev–Trinajstić information content (AvgIpc) is 3.05. The Hall–Kier alpha value is -2.45. The molecule has 0 spiro atoms. The van der Waals surface area contributed by atoms with Gasteiger partial charge in [0, 0.05) is 12.7 Å². The highest BCUT2D eigenvalue weighted by Gasteiger charge is 2.34. The number of anilines is 1. The van der Waals surface area contributed by atoms with Crippen molar-refractivity contribution in [3.05, 3.63) is 23.6 Å². The van der Waals surface area contributed by atoms with E-state index in [0.29, 0.717) is 17.7 Å². The molecule has 2 N–H and O–H groups in total. The zero-order valence-corrected chi connectivity index (χ0v) is 20.8. The molecule has 0 aromatic carbocycles. The number of carbonyl (C=O) groups is 2. The highest BCUT2D eigenvalue weighted by molar-refractivity contribution is 7.45. The maximum atomic E-state index is 12.8. The topological polar surface area (TPSA) is 139 Å². The lowest BCUT2D eigenvalue weighted by Gasteiger charge is -2.25. The number of halogens is 1. The Morgan fingerprint density at radius 1 is 1.12 bits per heavy atom. The second-order valence-electron chi connectivity index (χ2n) is 9.23. The Morgan fingerprint density at radius 3 is 2.22 bits per heavy atom. The molecule has 2 aromatic heterocycles. The highest BCUT2D eigenvalue weighted by Crippen LogP contribution is 2.34. The van der Waals surface area contributed by atoms with E-state index in [1.54, 1.807) is 58.3 Å². The second kappa shape index (κ2) is 10.0. The number of fused-ring (bicyclic) bond motifs is 1. The van der Waals surface area contributed by atoms with E-state index < -0.39 is 36.6 Å². The van der Waals surface area contributed by atoms with E-state index in [0.717, 1.165) is 0 Å². The smallest absolute Gasteiger partial charge is 0.314 e. The van der Waals surface area contributed by atoms with Crippen LogP contribution in [0.3, 0.4) is 0 Å². The molecule has 0 radical (unpaired) electrons. The summed E-state index contributed by atoms with van der Waals surface area (Å²) in [5, 5.41) is 0.157. The lowest BCUT2D eigenvalue weighted by atomic mass is 9.97. The predicted molar refractivity (Wildman–Crippen MR) is 123 cm³/mol. The number of hydrogen-bond donors (Lipinski definition) is 1. The molecular formula is C20H29ClN5O5P. The molecule has 2 aromatic rings. The van der Waals surface area contributed by atoms with E-state index >= 15 is 0 Å². The van der Waals surface area contributed by atoms with Gasteiger partial charge in [0.25, 0.3) is 6.03 Å². The molecule has 1 atom stereocenters. The molecule has 0 saturated carbocycles. The van der Waals surface area contributed by atoms with Crippen molar-refractivity contribution in [2.75, 3.05) is 11.9 Å². The first-order valence-corrected chi connectivity index (χ1v) is 12.0. The van der Waals surface area contributed by atoms with Gasteiger partial charge in [0.2, 0.25) is 5.95 Å². The minimum Gasteiger partial charge on any atom is -0.418 e. The maximum Gasteiger partial charge on any atom is 0.314 e. The quantitative estimate of drug-likeness (QED) is 0.204. The number of aromatic nitrogens is 4. The van der Waals surface area contributed by atoms with Crippen LogP contribution in [-0.2, 0) is 30.2 Å². The fourth-order valence-corrected chi connectivity index (χ4v) is 3.53. The molecule has 10 nitrogen and oxygen atoms in total. The van der Waals surface area contributed by atoms with Gasteiger partial charge in [0.15, 0.2) is 18.6 Å². The lowest BCUT2D eigenvalue weighted by molar-refractivity contribution is -0.184. The number of imidazole rings is 1. The summed E-state index contributed by atoms with van der Waals surface area (Å²) >= 11 is 6.02. The number of allylic oxidation sites excluding steroid dienone is 2. The fraction of sp³-hybridized carbons (Fsp3) is 0.550. The van der Waals surface area contributed by atoms with Crippen LogP contribution in [0.2, 0.25) is 5.15 Å². The van der Waals surface area contributed by atoms with Crippen molar-refractivity contribution < 1.29 is 23.6 Å². The van der Waals surface area contributed by atoms with Crippen LogP contribution in [-0.4, -0.2) is 43.7 Å². The summed E-state index contributed by atoms with van der Waals surface area (Å²) in [4.78, 5) is 36.7. The van der Waals surface area contributed by atoms with Crippen LogP contribution in [0.25, 0.3) is 11.2 Å². The van der Waals surface area contributed by atoms with Gasteiger partial charge in [-0.25, -0.2) is 4.98 Å². The van der Waals surface area contributed by atoms with Crippen LogP contribution in [0.1, 0.15) is 41.5 Å². The summed E-state index contributed by atoms with van der Waals surface area (Å²) in [6.45, 7) is 10.3. The molecule has 0 bridgehead atoms. The SMILES string of the molecule is CC(C)(C)C(=O)OC(OC(=O)C(C)(C)C)[PH](=O)C/C=C/Cn1cnc2c(Cl)nc(N)nc21. The minimum absolute atomic E-state index is 0.0301. The predicted octanol–water partition coefficient (Wildman–Crippen LogP) is 3.64. The Bertz CT molecular complexity index is 1030. The van der Waals surface area contributed by atoms with Crippen molar-refractivity contribution in [2.24, 2.45) is 10.8 Å². The van der Waals surface area contributed by atoms with Crippen LogP contribution in [0.15, 0.2) is 18.5 Å². The van der Waals surface area contributed by atoms with Crippen LogP contribution < -0.4 is 5.73 Å². The van der Waals surface area contributed by atoms with Gasteiger partial charge in [-0.15, -0.1) is 0 Å². The van der Waals surface area contributed by atoms with Crippen LogP contribution in [0.4, 0.5) is 5.95 Å². The van der Waals surface area contributed by atoms with E-state index in [1.807, 2.05) is 0 Å². The van der Waals surface area contributed by atoms with Crippen molar-refractivity contribution in [3.8, 4) is 0 Å². The van der Waals surface area contributed by atoms with Gasteiger partial charge in [-0.05, 0) is 41.5 Å². The largest absolute Gasteiger partial charge is 0.418 e. The Kier molecular flexibility index (Phi) is 8.07. The lowest BCUT2D eigenvalue weighted by Crippen LogP contribution is -2.33. The Labute approximate surface area is 192 Å². The number of nitrogens with two attached hydrogens (primary N) is 1. The van der Waals surface area contributed by atoms with Gasteiger partial charge in [0.05, 0.1) is 17.2 Å². The monoisotopic (exact) mass is 485 g/mol. The first-order chi connectivity index (χ1) is 14.7. The van der Waals surface area contributed by atoms with Crippen molar-refractivity contribution in [1.82, 2.24) is 19.5 Å². The maximum absolute atomic E-state index is 12.8. The van der Waals surface area contributed by atoms with Gasteiger partial charge in [-0.3, -0.25) is 9.59 Å². The second-order valence-corrected chi connectivity index (χ2v) is 11.4. The molecule has 2 rings (SSSR count). The average molecular weight is 486 g/mol. The first-order valence-electron chi connectivity index (χ1n) is 9.94. The van der Waals surface area contributed by atoms with Gasteiger partial charge >= 0.3 is 11.9 Å². The van der Waals surface area contributed by atoms with E-state index in [9.17, 15) is 14.2 Å². The molecule has 0 aliphatic carbocycles. The third-order valence-corrected chi connectivity index (χ3v) is 5.81. The van der Waals surface area contributed by atoms with Crippen LogP contribution >= 0.6 is 19.4 Å². The molecule has 176 valence electrons. The molecule has 12 heteroatoms. The first kappa shape index (κ1) is 25.8.